The third-order valence-corrected chi connectivity index (χ3v) is 5.70. The molecule has 2 aliphatic rings. The van der Waals surface area contributed by atoms with E-state index in [-0.39, 0.29) is 22.1 Å². The second-order valence-electron chi connectivity index (χ2n) is 7.05. The molecule has 2 aromatic carbocycles. The van der Waals surface area contributed by atoms with Gasteiger partial charge in [0.1, 0.15) is 16.5 Å². The third-order valence-electron chi connectivity index (χ3n) is 5.36. The van der Waals surface area contributed by atoms with Crippen molar-refractivity contribution in [1.82, 2.24) is 4.90 Å². The molecular weight excluding hydrogens is 424 g/mol. The number of anilines is 2. The molecule has 2 amide bonds. The van der Waals surface area contributed by atoms with Gasteiger partial charge in [0.2, 0.25) is 0 Å². The highest BCUT2D eigenvalue weighted by atomic mass is 35.5. The molecule has 1 saturated heterocycles. The van der Waals surface area contributed by atoms with E-state index in [0.29, 0.717) is 26.2 Å². The van der Waals surface area contributed by atoms with Crippen molar-refractivity contribution in [1.29, 1.82) is 0 Å². The Bertz CT molecular complexity index is 1060. The van der Waals surface area contributed by atoms with Crippen LogP contribution in [0.4, 0.5) is 17.1 Å². The predicted molar refractivity (Wildman–Crippen MR) is 115 cm³/mol. The molecule has 160 valence electrons. The molecule has 0 unspecified atom stereocenters. The second kappa shape index (κ2) is 8.27. The minimum Gasteiger partial charge on any atom is -0.497 e. The first-order valence-electron chi connectivity index (χ1n) is 9.57. The smallest absolute Gasteiger partial charge is 0.283 e. The molecule has 4 rings (SSSR count). The number of carbonyl (C=O) groups is 2. The van der Waals surface area contributed by atoms with Gasteiger partial charge in [0.05, 0.1) is 17.7 Å². The predicted octanol–water partition coefficient (Wildman–Crippen LogP) is 2.75. The minimum atomic E-state index is -0.631. The van der Waals surface area contributed by atoms with Crippen LogP contribution in [0.2, 0.25) is 0 Å². The molecule has 9 nitrogen and oxygen atoms in total. The number of methoxy groups -OCH3 is 1. The van der Waals surface area contributed by atoms with Crippen molar-refractivity contribution in [2.24, 2.45) is 0 Å². The number of halogens is 1. The number of carbonyl (C=O) groups excluding carboxylic acids is 2. The fourth-order valence-corrected chi connectivity index (χ4v) is 3.99. The Balaban J connectivity index is 1.47. The number of imide groups is 1. The summed E-state index contributed by atoms with van der Waals surface area (Å²) in [6, 6.07) is 12.9. The molecule has 0 spiro atoms. The quantitative estimate of drug-likeness (QED) is 0.399. The fourth-order valence-electron chi connectivity index (χ4n) is 3.70. The maximum absolute atomic E-state index is 13.0. The average Bonchev–Trinajstić information content (AvgIpc) is 3.02. The van der Waals surface area contributed by atoms with Crippen LogP contribution >= 0.6 is 11.6 Å². The van der Waals surface area contributed by atoms with Gasteiger partial charge in [-0.05, 0) is 36.4 Å². The molecule has 0 aromatic heterocycles. The van der Waals surface area contributed by atoms with Gasteiger partial charge in [-0.2, -0.15) is 0 Å². The zero-order valence-electron chi connectivity index (χ0n) is 16.7. The molecule has 2 aliphatic heterocycles. The van der Waals surface area contributed by atoms with Crippen molar-refractivity contribution in [3.8, 4) is 5.75 Å². The Kier molecular flexibility index (Phi) is 5.51. The Morgan fingerprint density at radius 3 is 1.97 bits per heavy atom. The summed E-state index contributed by atoms with van der Waals surface area (Å²) in [4.78, 5) is 40.9. The van der Waals surface area contributed by atoms with Crippen LogP contribution in [0.1, 0.15) is 0 Å². The molecule has 2 heterocycles. The van der Waals surface area contributed by atoms with E-state index in [9.17, 15) is 19.7 Å². The third kappa shape index (κ3) is 3.79. The van der Waals surface area contributed by atoms with Crippen LogP contribution < -0.4 is 14.5 Å². The number of non-ortho nitro benzene ring substituents is 1. The fraction of sp³-hybridized carbons (Fsp3) is 0.238. The zero-order chi connectivity index (χ0) is 22.1. The molecule has 1 fully saturated rings. The van der Waals surface area contributed by atoms with Crippen molar-refractivity contribution in [2.75, 3.05) is 43.1 Å². The Morgan fingerprint density at radius 2 is 1.42 bits per heavy atom. The summed E-state index contributed by atoms with van der Waals surface area (Å²) in [5.74, 6) is -0.379. The molecule has 0 atom stereocenters. The van der Waals surface area contributed by atoms with Crippen LogP contribution in [-0.4, -0.2) is 54.9 Å². The zero-order valence-corrected chi connectivity index (χ0v) is 17.4. The van der Waals surface area contributed by atoms with Gasteiger partial charge in [0.25, 0.3) is 17.5 Å². The molecular formula is C21H19ClN4O5. The van der Waals surface area contributed by atoms with Gasteiger partial charge in [-0.25, -0.2) is 4.90 Å². The van der Waals surface area contributed by atoms with Crippen LogP contribution in [0.3, 0.4) is 0 Å². The van der Waals surface area contributed by atoms with E-state index in [0.717, 1.165) is 16.3 Å². The first-order valence-corrected chi connectivity index (χ1v) is 9.95. The lowest BCUT2D eigenvalue weighted by Crippen LogP contribution is -2.47. The molecule has 0 saturated carbocycles. The maximum atomic E-state index is 13.0. The summed E-state index contributed by atoms with van der Waals surface area (Å²) in [5.41, 5.74) is 1.32. The van der Waals surface area contributed by atoms with Crippen molar-refractivity contribution in [3.63, 3.8) is 0 Å². The minimum absolute atomic E-state index is 0.128. The molecule has 2 aromatic rings. The first-order chi connectivity index (χ1) is 14.9. The van der Waals surface area contributed by atoms with Gasteiger partial charge in [-0.3, -0.25) is 19.7 Å². The Hall–Kier alpha value is -3.59. The monoisotopic (exact) mass is 442 g/mol. The number of hydrogen-bond acceptors (Lipinski definition) is 7. The van der Waals surface area contributed by atoms with Crippen molar-refractivity contribution >= 4 is 40.5 Å². The number of nitrogens with zero attached hydrogens (tertiary/aromatic N) is 4. The number of piperazine rings is 1. The number of ether oxygens (including phenoxy) is 1. The van der Waals surface area contributed by atoms with Crippen molar-refractivity contribution in [2.45, 2.75) is 0 Å². The van der Waals surface area contributed by atoms with Crippen LogP contribution in [0.15, 0.2) is 59.3 Å². The van der Waals surface area contributed by atoms with E-state index in [1.165, 1.54) is 24.3 Å². The lowest BCUT2D eigenvalue weighted by molar-refractivity contribution is -0.384. The molecule has 0 radical (unpaired) electrons. The van der Waals surface area contributed by atoms with Crippen LogP contribution in [-0.2, 0) is 9.59 Å². The number of rotatable bonds is 5. The van der Waals surface area contributed by atoms with E-state index >= 15 is 0 Å². The highest BCUT2D eigenvalue weighted by Gasteiger charge is 2.42. The average molecular weight is 443 g/mol. The van der Waals surface area contributed by atoms with E-state index in [1.807, 2.05) is 29.2 Å². The Labute approximate surface area is 183 Å². The maximum Gasteiger partial charge on any atom is 0.283 e. The first kappa shape index (κ1) is 20.7. The van der Waals surface area contributed by atoms with Gasteiger partial charge in [-0.1, -0.05) is 11.6 Å². The SMILES string of the molecule is COc1ccc(N2CCN(C3=C(Cl)C(=O)N(c4ccc([N+](=O)[O-])cc4)C3=O)CC2)cc1. The van der Waals surface area contributed by atoms with Crippen molar-refractivity contribution in [3.05, 3.63) is 69.4 Å². The highest BCUT2D eigenvalue weighted by molar-refractivity contribution is 6.52. The number of hydrogen-bond donors (Lipinski definition) is 0. The standard InChI is InChI=1S/C21H19ClN4O5/c1-31-17-8-6-14(7-9-17)23-10-12-24(13-11-23)19-18(22)20(27)25(21(19)28)15-2-4-16(5-3-15)26(29)30/h2-9H,10-13H2,1H3. The van der Waals surface area contributed by atoms with Crippen LogP contribution in [0.5, 0.6) is 5.75 Å². The summed E-state index contributed by atoms with van der Waals surface area (Å²) in [5, 5.41) is 10.7. The lowest BCUT2D eigenvalue weighted by atomic mass is 10.2. The van der Waals surface area contributed by atoms with Gasteiger partial charge in [-0.15, -0.1) is 0 Å². The lowest BCUT2D eigenvalue weighted by Gasteiger charge is -2.37. The van der Waals surface area contributed by atoms with Crippen LogP contribution in [0.25, 0.3) is 0 Å². The number of nitro benzene ring substituents is 1. The van der Waals surface area contributed by atoms with Gasteiger partial charge >= 0.3 is 0 Å². The second-order valence-corrected chi connectivity index (χ2v) is 7.43. The Morgan fingerprint density at radius 1 is 0.871 bits per heavy atom. The molecule has 31 heavy (non-hydrogen) atoms. The van der Waals surface area contributed by atoms with E-state index < -0.39 is 16.7 Å². The summed E-state index contributed by atoms with van der Waals surface area (Å²) in [6.07, 6.45) is 0. The summed E-state index contributed by atoms with van der Waals surface area (Å²) >= 11 is 6.26. The van der Waals surface area contributed by atoms with Gasteiger partial charge in [0, 0.05) is 44.0 Å². The molecule has 0 N–H and O–H groups in total. The van der Waals surface area contributed by atoms with Crippen molar-refractivity contribution < 1.29 is 19.2 Å². The summed E-state index contributed by atoms with van der Waals surface area (Å²) in [6.45, 7) is 2.34. The summed E-state index contributed by atoms with van der Waals surface area (Å²) in [7, 11) is 1.62. The normalized spacial score (nSPS) is 16.9. The summed E-state index contributed by atoms with van der Waals surface area (Å²) < 4.78 is 5.18. The topological polar surface area (TPSA) is 96.2 Å². The van der Waals surface area contributed by atoms with E-state index in [4.69, 9.17) is 16.3 Å². The van der Waals surface area contributed by atoms with E-state index in [2.05, 4.69) is 4.90 Å². The molecule has 0 aliphatic carbocycles. The molecule has 0 bridgehead atoms. The number of amides is 2. The van der Waals surface area contributed by atoms with Gasteiger partial charge < -0.3 is 14.5 Å². The number of nitro groups is 1. The van der Waals surface area contributed by atoms with E-state index in [1.54, 1.807) is 7.11 Å². The van der Waals surface area contributed by atoms with Gasteiger partial charge in [0.15, 0.2) is 0 Å². The molecule has 10 heteroatoms. The highest BCUT2D eigenvalue weighted by Crippen LogP contribution is 2.33. The number of benzene rings is 2. The largest absolute Gasteiger partial charge is 0.497 e. The van der Waals surface area contributed by atoms with Crippen LogP contribution in [0, 0.1) is 10.1 Å².